The lowest BCUT2D eigenvalue weighted by atomic mass is 10.3. The Morgan fingerprint density at radius 1 is 1.21 bits per heavy atom. The summed E-state index contributed by atoms with van der Waals surface area (Å²) in [6.07, 6.45) is 0. The molecule has 1 aromatic heterocycles. The maximum atomic E-state index is 10.6. The summed E-state index contributed by atoms with van der Waals surface area (Å²) < 4.78 is 0. The predicted molar refractivity (Wildman–Crippen MR) is 52.1 cm³/mol. The molecule has 1 rings (SSSR count). The molecule has 2 N–H and O–H groups in total. The lowest BCUT2D eigenvalue weighted by molar-refractivity contribution is 0.0690. The summed E-state index contributed by atoms with van der Waals surface area (Å²) in [5.41, 5.74) is -0.441. The van der Waals surface area contributed by atoms with Crippen molar-refractivity contribution in [2.24, 2.45) is 0 Å². The quantitative estimate of drug-likeness (QED) is 0.851. The van der Waals surface area contributed by atoms with E-state index >= 15 is 0 Å². The summed E-state index contributed by atoms with van der Waals surface area (Å²) in [4.78, 5) is 14.2. The van der Waals surface area contributed by atoms with Gasteiger partial charge in [-0.1, -0.05) is 34.8 Å². The van der Waals surface area contributed by atoms with Gasteiger partial charge in [-0.05, 0) is 0 Å². The van der Waals surface area contributed by atoms with Crippen molar-refractivity contribution < 1.29 is 15.0 Å². The Hall–Kier alpha value is -0.550. The van der Waals surface area contributed by atoms with Crippen LogP contribution in [0.2, 0.25) is 15.1 Å². The average Bonchev–Trinajstić information content (AvgIpc) is 2.14. The third-order valence-electron chi connectivity index (χ3n) is 1.45. The molecular weight excluding hydrogens is 252 g/mol. The lowest BCUT2D eigenvalue weighted by Crippen LogP contribution is -2.05. The molecule has 0 saturated carbocycles. The van der Waals surface area contributed by atoms with Crippen molar-refractivity contribution in [3.8, 4) is 0 Å². The number of nitrogens with zero attached hydrogens (tertiary/aromatic N) is 1. The van der Waals surface area contributed by atoms with E-state index in [2.05, 4.69) is 4.98 Å². The Bertz CT molecular complexity index is 394. The Kier molecular flexibility index (Phi) is 3.55. The van der Waals surface area contributed by atoms with Crippen molar-refractivity contribution in [3.63, 3.8) is 0 Å². The molecule has 76 valence electrons. The zero-order valence-corrected chi connectivity index (χ0v) is 8.86. The minimum absolute atomic E-state index is 0.0153. The number of pyridine rings is 1. The van der Waals surface area contributed by atoms with E-state index in [-0.39, 0.29) is 20.8 Å². The minimum Gasteiger partial charge on any atom is -0.476 e. The molecule has 1 heterocycles. The van der Waals surface area contributed by atoms with Crippen LogP contribution in [-0.4, -0.2) is 21.2 Å². The number of aromatic carboxylic acids is 1. The van der Waals surface area contributed by atoms with E-state index < -0.39 is 18.3 Å². The van der Waals surface area contributed by atoms with Crippen molar-refractivity contribution in [2.45, 2.75) is 6.61 Å². The molecule has 7 heteroatoms. The van der Waals surface area contributed by atoms with Crippen LogP contribution in [0.5, 0.6) is 0 Å². The van der Waals surface area contributed by atoms with Gasteiger partial charge in [0, 0.05) is 0 Å². The number of hydrogen-bond donors (Lipinski definition) is 2. The molecule has 0 saturated heterocycles. The fourth-order valence-electron chi connectivity index (χ4n) is 0.807. The van der Waals surface area contributed by atoms with Gasteiger partial charge in [0.2, 0.25) is 0 Å². The molecule has 0 aliphatic heterocycles. The number of aliphatic hydroxyl groups is 1. The molecule has 0 unspecified atom stereocenters. The maximum Gasteiger partial charge on any atom is 0.356 e. The van der Waals surface area contributed by atoms with Crippen molar-refractivity contribution in [2.75, 3.05) is 0 Å². The Labute approximate surface area is 94.0 Å². The zero-order chi connectivity index (χ0) is 10.9. The molecular formula is C7H4Cl3NO3. The molecule has 0 amide bonds. The Balaban J connectivity index is 3.48. The van der Waals surface area contributed by atoms with Gasteiger partial charge in [-0.25, -0.2) is 9.78 Å². The largest absolute Gasteiger partial charge is 0.476 e. The number of halogens is 3. The molecule has 4 nitrogen and oxygen atoms in total. The lowest BCUT2D eigenvalue weighted by Gasteiger charge is -2.06. The predicted octanol–water partition coefficient (Wildman–Crippen LogP) is 2.23. The highest BCUT2D eigenvalue weighted by Crippen LogP contribution is 2.33. The van der Waals surface area contributed by atoms with E-state index in [1.807, 2.05) is 0 Å². The summed E-state index contributed by atoms with van der Waals surface area (Å²) in [5, 5.41) is 17.1. The highest BCUT2D eigenvalue weighted by atomic mass is 35.5. The molecule has 0 aliphatic rings. The monoisotopic (exact) mass is 255 g/mol. The molecule has 0 fully saturated rings. The summed E-state index contributed by atoms with van der Waals surface area (Å²) in [6.45, 7) is -0.504. The van der Waals surface area contributed by atoms with Crippen LogP contribution in [0.15, 0.2) is 0 Å². The fourth-order valence-corrected chi connectivity index (χ4v) is 1.47. The van der Waals surface area contributed by atoms with Gasteiger partial charge in [-0.2, -0.15) is 0 Å². The van der Waals surface area contributed by atoms with E-state index in [0.29, 0.717) is 0 Å². The van der Waals surface area contributed by atoms with Crippen LogP contribution in [0.3, 0.4) is 0 Å². The second-order valence-electron chi connectivity index (χ2n) is 2.31. The van der Waals surface area contributed by atoms with Gasteiger partial charge in [-0.15, -0.1) is 0 Å². The number of carbonyl (C=O) groups is 1. The van der Waals surface area contributed by atoms with Crippen molar-refractivity contribution in [3.05, 3.63) is 26.5 Å². The van der Waals surface area contributed by atoms with E-state index in [1.54, 1.807) is 0 Å². The van der Waals surface area contributed by atoms with Crippen LogP contribution in [0.25, 0.3) is 0 Å². The number of carboxylic acid groups (broad SMARTS) is 1. The Morgan fingerprint density at radius 2 is 1.79 bits per heavy atom. The molecule has 1 aromatic rings. The van der Waals surface area contributed by atoms with Crippen LogP contribution < -0.4 is 0 Å². The highest BCUT2D eigenvalue weighted by molar-refractivity contribution is 6.49. The molecule has 0 spiro atoms. The van der Waals surface area contributed by atoms with E-state index in [1.165, 1.54) is 0 Å². The van der Waals surface area contributed by atoms with E-state index in [4.69, 9.17) is 45.0 Å². The SMILES string of the molecule is O=C(O)c1nc(CO)c(Cl)c(Cl)c1Cl. The van der Waals surface area contributed by atoms with Crippen LogP contribution in [0, 0.1) is 0 Å². The van der Waals surface area contributed by atoms with Gasteiger partial charge in [0.1, 0.15) is 0 Å². The minimum atomic E-state index is -1.33. The first-order valence-corrected chi connectivity index (χ1v) is 4.50. The first kappa shape index (κ1) is 11.5. The standard InChI is InChI=1S/C7H4Cl3NO3/c8-3-2(1-12)11-6(7(13)14)5(10)4(3)9/h12H,1H2,(H,13,14). The molecule has 0 bridgehead atoms. The van der Waals surface area contributed by atoms with Gasteiger partial charge in [0.05, 0.1) is 27.4 Å². The number of hydrogen-bond acceptors (Lipinski definition) is 3. The maximum absolute atomic E-state index is 10.6. The van der Waals surface area contributed by atoms with E-state index in [0.717, 1.165) is 0 Å². The molecule has 0 aromatic carbocycles. The topological polar surface area (TPSA) is 70.4 Å². The van der Waals surface area contributed by atoms with Crippen LogP contribution in [0.1, 0.15) is 16.2 Å². The smallest absolute Gasteiger partial charge is 0.356 e. The number of carboxylic acids is 1. The van der Waals surface area contributed by atoms with Gasteiger partial charge >= 0.3 is 5.97 Å². The summed E-state index contributed by atoms with van der Waals surface area (Å²) in [6, 6.07) is 0. The average molecular weight is 256 g/mol. The second kappa shape index (κ2) is 4.31. The number of rotatable bonds is 2. The highest BCUT2D eigenvalue weighted by Gasteiger charge is 2.19. The van der Waals surface area contributed by atoms with Gasteiger partial charge in [-0.3, -0.25) is 0 Å². The first-order valence-electron chi connectivity index (χ1n) is 3.36. The third-order valence-corrected chi connectivity index (χ3v) is 2.79. The summed E-state index contributed by atoms with van der Waals surface area (Å²) >= 11 is 16.9. The first-order chi connectivity index (χ1) is 6.49. The van der Waals surface area contributed by atoms with Crippen molar-refractivity contribution in [1.29, 1.82) is 0 Å². The molecule has 14 heavy (non-hydrogen) atoms. The molecule has 0 aliphatic carbocycles. The zero-order valence-electron chi connectivity index (χ0n) is 6.59. The van der Waals surface area contributed by atoms with Gasteiger partial charge in [0.25, 0.3) is 0 Å². The van der Waals surface area contributed by atoms with E-state index in [9.17, 15) is 4.79 Å². The normalized spacial score (nSPS) is 10.3. The van der Waals surface area contributed by atoms with Crippen LogP contribution >= 0.6 is 34.8 Å². The molecule has 0 radical (unpaired) electrons. The van der Waals surface area contributed by atoms with Gasteiger partial charge < -0.3 is 10.2 Å². The van der Waals surface area contributed by atoms with Gasteiger partial charge in [0.15, 0.2) is 5.69 Å². The van der Waals surface area contributed by atoms with Crippen LogP contribution in [-0.2, 0) is 6.61 Å². The molecule has 0 atom stereocenters. The van der Waals surface area contributed by atoms with Crippen molar-refractivity contribution in [1.82, 2.24) is 4.98 Å². The third kappa shape index (κ3) is 1.93. The summed E-state index contributed by atoms with van der Waals surface area (Å²) in [5.74, 6) is -1.33. The Morgan fingerprint density at radius 3 is 2.21 bits per heavy atom. The summed E-state index contributed by atoms with van der Waals surface area (Å²) in [7, 11) is 0. The fraction of sp³-hybridized carbons (Fsp3) is 0.143. The second-order valence-corrected chi connectivity index (χ2v) is 3.45. The number of aliphatic hydroxyl groups excluding tert-OH is 1. The van der Waals surface area contributed by atoms with Crippen LogP contribution in [0.4, 0.5) is 0 Å². The number of aromatic nitrogens is 1. The van der Waals surface area contributed by atoms with Crippen molar-refractivity contribution >= 4 is 40.8 Å².